The molecule has 15 heavy (non-hydrogen) atoms. The minimum Gasteiger partial charge on any atom is -0.301 e. The normalized spacial score (nSPS) is 24.1. The van der Waals surface area contributed by atoms with E-state index in [0.29, 0.717) is 6.54 Å². The van der Waals surface area contributed by atoms with Crippen molar-refractivity contribution in [2.75, 3.05) is 39.3 Å². The number of hydrazine groups is 1. The van der Waals surface area contributed by atoms with Crippen LogP contribution in [0.3, 0.4) is 0 Å². The molecule has 1 saturated heterocycles. The molecule has 2 rings (SSSR count). The van der Waals surface area contributed by atoms with Crippen LogP contribution in [0.5, 0.6) is 0 Å². The molecular weight excluding hydrogens is 192 g/mol. The highest BCUT2D eigenvalue weighted by Gasteiger charge is 2.26. The minimum atomic E-state index is -0.0920. The lowest BCUT2D eigenvalue weighted by atomic mass is 10.3. The van der Waals surface area contributed by atoms with Gasteiger partial charge in [0.05, 0.1) is 6.54 Å². The molecule has 0 aromatic rings. The van der Waals surface area contributed by atoms with E-state index in [1.807, 2.05) is 0 Å². The zero-order chi connectivity index (χ0) is 10.7. The monoisotopic (exact) mass is 212 g/mol. The third kappa shape index (κ3) is 3.44. The van der Waals surface area contributed by atoms with Crippen molar-refractivity contribution in [2.24, 2.45) is 11.8 Å². The largest absolute Gasteiger partial charge is 0.301 e. The third-order valence-electron chi connectivity index (χ3n) is 3.21. The number of amides is 1. The fourth-order valence-electron chi connectivity index (χ4n) is 2.04. The molecule has 0 atom stereocenters. The van der Waals surface area contributed by atoms with Crippen LogP contribution >= 0.6 is 0 Å². The Bertz CT molecular complexity index is 221. The van der Waals surface area contributed by atoms with E-state index in [1.165, 1.54) is 19.4 Å². The van der Waals surface area contributed by atoms with Gasteiger partial charge in [-0.1, -0.05) is 0 Å². The fourth-order valence-corrected chi connectivity index (χ4v) is 2.04. The van der Waals surface area contributed by atoms with Gasteiger partial charge in [0.1, 0.15) is 0 Å². The summed E-state index contributed by atoms with van der Waals surface area (Å²) in [6, 6.07) is 0. The third-order valence-corrected chi connectivity index (χ3v) is 3.21. The van der Waals surface area contributed by atoms with Crippen molar-refractivity contribution in [2.45, 2.75) is 12.8 Å². The molecule has 86 valence electrons. The summed E-state index contributed by atoms with van der Waals surface area (Å²) in [5.74, 6) is 5.92. The zero-order valence-electron chi connectivity index (χ0n) is 9.11. The van der Waals surface area contributed by atoms with Crippen LogP contribution in [0, 0.1) is 5.92 Å². The highest BCUT2D eigenvalue weighted by molar-refractivity contribution is 5.77. The van der Waals surface area contributed by atoms with Gasteiger partial charge in [0.15, 0.2) is 0 Å². The molecule has 1 heterocycles. The SMILES string of the molecule is NNC(=O)CN1CCN(CC2CC2)CC1. The van der Waals surface area contributed by atoms with E-state index in [1.54, 1.807) is 0 Å². The lowest BCUT2D eigenvalue weighted by Gasteiger charge is -2.34. The molecule has 1 aliphatic carbocycles. The number of carbonyl (C=O) groups is 1. The van der Waals surface area contributed by atoms with E-state index in [0.717, 1.165) is 32.1 Å². The van der Waals surface area contributed by atoms with Crippen LogP contribution in [0.2, 0.25) is 0 Å². The maximum Gasteiger partial charge on any atom is 0.248 e. The first-order valence-electron chi connectivity index (χ1n) is 5.72. The van der Waals surface area contributed by atoms with Gasteiger partial charge in [0.25, 0.3) is 0 Å². The Hall–Kier alpha value is -0.650. The lowest BCUT2D eigenvalue weighted by Crippen LogP contribution is -2.50. The molecule has 5 heteroatoms. The molecule has 0 bridgehead atoms. The molecule has 0 aromatic carbocycles. The summed E-state index contributed by atoms with van der Waals surface area (Å²) >= 11 is 0. The van der Waals surface area contributed by atoms with Crippen LogP contribution in [-0.4, -0.2) is 55.0 Å². The predicted octanol–water partition coefficient (Wildman–Crippen LogP) is -0.996. The van der Waals surface area contributed by atoms with Crippen molar-refractivity contribution >= 4 is 5.91 Å². The van der Waals surface area contributed by atoms with Gasteiger partial charge in [-0.15, -0.1) is 0 Å². The molecule has 1 aliphatic heterocycles. The summed E-state index contributed by atoms with van der Waals surface area (Å²) < 4.78 is 0. The second kappa shape index (κ2) is 4.92. The summed E-state index contributed by atoms with van der Waals surface area (Å²) in [5, 5.41) is 0. The molecular formula is C10H20N4O. The van der Waals surface area contributed by atoms with E-state index >= 15 is 0 Å². The van der Waals surface area contributed by atoms with Gasteiger partial charge in [-0.25, -0.2) is 5.84 Å². The van der Waals surface area contributed by atoms with Gasteiger partial charge in [0.2, 0.25) is 5.91 Å². The van der Waals surface area contributed by atoms with E-state index in [9.17, 15) is 4.79 Å². The fraction of sp³-hybridized carbons (Fsp3) is 0.900. The van der Waals surface area contributed by atoms with Gasteiger partial charge in [0, 0.05) is 32.7 Å². The zero-order valence-corrected chi connectivity index (χ0v) is 9.11. The van der Waals surface area contributed by atoms with Gasteiger partial charge < -0.3 is 4.90 Å². The number of nitrogens with two attached hydrogens (primary N) is 1. The first-order chi connectivity index (χ1) is 7.28. The standard InChI is InChI=1S/C10H20N4O/c11-12-10(15)8-14-5-3-13(4-6-14)7-9-1-2-9/h9H,1-8,11H2,(H,12,15). The second-order valence-electron chi connectivity index (χ2n) is 4.59. The topological polar surface area (TPSA) is 61.6 Å². The summed E-state index contributed by atoms with van der Waals surface area (Å²) in [6.07, 6.45) is 2.82. The quantitative estimate of drug-likeness (QED) is 0.357. The summed E-state index contributed by atoms with van der Waals surface area (Å²) in [5.41, 5.74) is 2.17. The molecule has 1 amide bonds. The molecule has 0 aromatic heterocycles. The Balaban J connectivity index is 1.64. The van der Waals surface area contributed by atoms with Gasteiger partial charge in [-0.05, 0) is 18.8 Å². The Labute approximate surface area is 90.6 Å². The number of hydrogen-bond acceptors (Lipinski definition) is 4. The number of rotatable bonds is 4. The van der Waals surface area contributed by atoms with E-state index in [4.69, 9.17) is 5.84 Å². The maximum atomic E-state index is 11.1. The molecule has 0 unspecified atom stereocenters. The van der Waals surface area contributed by atoms with Crippen LogP contribution in [0.25, 0.3) is 0 Å². The van der Waals surface area contributed by atoms with Crippen molar-refractivity contribution in [1.82, 2.24) is 15.2 Å². The molecule has 2 aliphatic rings. The van der Waals surface area contributed by atoms with Crippen molar-refractivity contribution in [3.8, 4) is 0 Å². The molecule has 0 spiro atoms. The van der Waals surface area contributed by atoms with Gasteiger partial charge in [-0.2, -0.15) is 0 Å². The Morgan fingerprint density at radius 3 is 2.33 bits per heavy atom. The van der Waals surface area contributed by atoms with Crippen molar-refractivity contribution in [3.63, 3.8) is 0 Å². The van der Waals surface area contributed by atoms with Crippen molar-refractivity contribution in [3.05, 3.63) is 0 Å². The highest BCUT2D eigenvalue weighted by Crippen LogP contribution is 2.29. The molecule has 3 N–H and O–H groups in total. The molecule has 5 nitrogen and oxygen atoms in total. The van der Waals surface area contributed by atoms with Crippen LogP contribution in [0.1, 0.15) is 12.8 Å². The van der Waals surface area contributed by atoms with Crippen LogP contribution in [0.4, 0.5) is 0 Å². The number of piperazine rings is 1. The van der Waals surface area contributed by atoms with Crippen LogP contribution in [0.15, 0.2) is 0 Å². The molecule has 1 saturated carbocycles. The smallest absolute Gasteiger partial charge is 0.248 e. The van der Waals surface area contributed by atoms with Gasteiger partial charge >= 0.3 is 0 Å². The highest BCUT2D eigenvalue weighted by atomic mass is 16.2. The Morgan fingerprint density at radius 2 is 1.80 bits per heavy atom. The number of nitrogens with one attached hydrogen (secondary N) is 1. The van der Waals surface area contributed by atoms with E-state index < -0.39 is 0 Å². The number of hydrogen-bond donors (Lipinski definition) is 2. The minimum absolute atomic E-state index is 0.0920. The van der Waals surface area contributed by atoms with E-state index in [2.05, 4.69) is 15.2 Å². The Morgan fingerprint density at radius 1 is 1.20 bits per heavy atom. The molecule has 2 fully saturated rings. The van der Waals surface area contributed by atoms with Crippen LogP contribution < -0.4 is 11.3 Å². The first kappa shape index (κ1) is 10.9. The first-order valence-corrected chi connectivity index (χ1v) is 5.72. The average Bonchev–Trinajstić information content (AvgIpc) is 3.05. The average molecular weight is 212 g/mol. The lowest BCUT2D eigenvalue weighted by molar-refractivity contribution is -0.122. The van der Waals surface area contributed by atoms with E-state index in [-0.39, 0.29) is 5.91 Å². The summed E-state index contributed by atoms with van der Waals surface area (Å²) in [4.78, 5) is 15.7. The number of nitrogens with zero attached hydrogens (tertiary/aromatic N) is 2. The van der Waals surface area contributed by atoms with Crippen molar-refractivity contribution in [1.29, 1.82) is 0 Å². The molecule has 0 radical (unpaired) electrons. The van der Waals surface area contributed by atoms with Crippen molar-refractivity contribution < 1.29 is 4.79 Å². The maximum absolute atomic E-state index is 11.1. The van der Waals surface area contributed by atoms with Gasteiger partial charge in [-0.3, -0.25) is 15.1 Å². The predicted molar refractivity (Wildman–Crippen MR) is 57.9 cm³/mol. The second-order valence-corrected chi connectivity index (χ2v) is 4.59. The van der Waals surface area contributed by atoms with Crippen LogP contribution in [-0.2, 0) is 4.79 Å². The summed E-state index contributed by atoms with van der Waals surface area (Å²) in [6.45, 7) is 5.85. The summed E-state index contributed by atoms with van der Waals surface area (Å²) in [7, 11) is 0. The number of carbonyl (C=O) groups excluding carboxylic acids is 1. The Kier molecular flexibility index (Phi) is 3.56.